The number of nitrogens with zero attached hydrogens (tertiary/aromatic N) is 2. The number of amides is 1. The molecule has 1 N–H and O–H groups in total. The molecular formula is C17H23N3O5. The summed E-state index contributed by atoms with van der Waals surface area (Å²) < 4.78 is 5.04. The molecule has 8 nitrogen and oxygen atoms in total. The maximum Gasteiger partial charge on any atom is 0.309 e. The van der Waals surface area contributed by atoms with E-state index in [0.29, 0.717) is 32.5 Å². The molecule has 1 aliphatic rings. The van der Waals surface area contributed by atoms with Crippen molar-refractivity contribution >= 4 is 23.3 Å². The van der Waals surface area contributed by atoms with Gasteiger partial charge in [-0.05, 0) is 45.8 Å². The molecule has 1 aromatic rings. The Bertz CT molecular complexity index is 641. The van der Waals surface area contributed by atoms with Gasteiger partial charge in [-0.25, -0.2) is 0 Å². The second kappa shape index (κ2) is 8.57. The fourth-order valence-electron chi connectivity index (χ4n) is 2.92. The Hall–Kier alpha value is -2.48. The molecule has 1 heterocycles. The highest BCUT2D eigenvalue weighted by atomic mass is 16.6. The molecule has 136 valence electrons. The lowest BCUT2D eigenvalue weighted by Gasteiger charge is -2.34. The van der Waals surface area contributed by atoms with Crippen LogP contribution >= 0.6 is 0 Å². The quantitative estimate of drug-likeness (QED) is 0.480. The molecule has 8 heteroatoms. The number of nitro groups is 1. The minimum atomic E-state index is -0.523. The van der Waals surface area contributed by atoms with Gasteiger partial charge in [0.25, 0.3) is 5.69 Å². The van der Waals surface area contributed by atoms with Crippen LogP contribution in [0.25, 0.3) is 0 Å². The summed E-state index contributed by atoms with van der Waals surface area (Å²) in [4.78, 5) is 36.7. The highest BCUT2D eigenvalue weighted by Gasteiger charge is 2.31. The average molecular weight is 349 g/mol. The standard InChI is InChI=1S/C17H23N3O5/c1-3-25-17(22)13-8-10-19(11-9-13)12(2)16(21)18-14-6-4-5-7-15(14)20(23)24/h4-7,12-13H,3,8-11H2,1-2H3,(H,18,21)/t12-/m1/s1. The number of para-hydroxylation sites is 2. The smallest absolute Gasteiger partial charge is 0.309 e. The van der Waals surface area contributed by atoms with Crippen LogP contribution in [0.15, 0.2) is 24.3 Å². The van der Waals surface area contributed by atoms with E-state index in [2.05, 4.69) is 5.32 Å². The van der Waals surface area contributed by atoms with Crippen LogP contribution in [0.3, 0.4) is 0 Å². The van der Waals surface area contributed by atoms with Crippen molar-refractivity contribution < 1.29 is 19.2 Å². The summed E-state index contributed by atoms with van der Waals surface area (Å²) in [7, 11) is 0. The van der Waals surface area contributed by atoms with Crippen molar-refractivity contribution in [3.8, 4) is 0 Å². The molecule has 0 aliphatic carbocycles. The van der Waals surface area contributed by atoms with Crippen LogP contribution in [0, 0.1) is 16.0 Å². The van der Waals surface area contributed by atoms with E-state index in [-0.39, 0.29) is 29.2 Å². The molecule has 0 spiro atoms. The minimum absolute atomic E-state index is 0.123. The first-order valence-corrected chi connectivity index (χ1v) is 8.39. The van der Waals surface area contributed by atoms with E-state index in [1.807, 2.05) is 4.90 Å². The average Bonchev–Trinajstić information content (AvgIpc) is 2.61. The van der Waals surface area contributed by atoms with Crippen LogP contribution < -0.4 is 5.32 Å². The number of carbonyl (C=O) groups excluding carboxylic acids is 2. The summed E-state index contributed by atoms with van der Waals surface area (Å²) in [5, 5.41) is 13.7. The van der Waals surface area contributed by atoms with Crippen molar-refractivity contribution in [1.29, 1.82) is 0 Å². The Morgan fingerprint density at radius 2 is 2.00 bits per heavy atom. The number of anilines is 1. The van der Waals surface area contributed by atoms with E-state index in [4.69, 9.17) is 4.74 Å². The van der Waals surface area contributed by atoms with Crippen LogP contribution in [-0.4, -0.2) is 47.4 Å². The third-order valence-electron chi connectivity index (χ3n) is 4.44. The number of nitro benzene ring substituents is 1. The molecule has 1 atom stereocenters. The van der Waals surface area contributed by atoms with Crippen LogP contribution in [0.4, 0.5) is 11.4 Å². The molecule has 0 unspecified atom stereocenters. The molecule has 0 radical (unpaired) electrons. The second-order valence-corrected chi connectivity index (χ2v) is 6.00. The Morgan fingerprint density at radius 3 is 2.60 bits per heavy atom. The topological polar surface area (TPSA) is 102 Å². The first kappa shape index (κ1) is 18.9. The predicted molar refractivity (Wildman–Crippen MR) is 92.1 cm³/mol. The molecule has 0 saturated carbocycles. The van der Waals surface area contributed by atoms with Gasteiger partial charge >= 0.3 is 5.97 Å². The number of nitrogens with one attached hydrogen (secondary N) is 1. The zero-order valence-corrected chi connectivity index (χ0v) is 14.4. The van der Waals surface area contributed by atoms with Crippen LogP contribution in [-0.2, 0) is 14.3 Å². The van der Waals surface area contributed by atoms with E-state index in [1.54, 1.807) is 26.0 Å². The Kier molecular flexibility index (Phi) is 6.46. The second-order valence-electron chi connectivity index (χ2n) is 6.00. The van der Waals surface area contributed by atoms with E-state index in [0.717, 1.165) is 0 Å². The number of benzene rings is 1. The van der Waals surface area contributed by atoms with Gasteiger partial charge in [-0.2, -0.15) is 0 Å². The van der Waals surface area contributed by atoms with Crippen LogP contribution in [0.5, 0.6) is 0 Å². The molecule has 0 aromatic heterocycles. The third kappa shape index (κ3) is 4.76. The normalized spacial score (nSPS) is 16.9. The zero-order chi connectivity index (χ0) is 18.4. The maximum absolute atomic E-state index is 12.4. The number of carbonyl (C=O) groups is 2. The van der Waals surface area contributed by atoms with Gasteiger partial charge in [-0.15, -0.1) is 0 Å². The van der Waals surface area contributed by atoms with Gasteiger partial charge in [0, 0.05) is 6.07 Å². The highest BCUT2D eigenvalue weighted by Crippen LogP contribution is 2.25. The first-order valence-electron chi connectivity index (χ1n) is 8.39. The van der Waals surface area contributed by atoms with E-state index >= 15 is 0 Å². The van der Waals surface area contributed by atoms with E-state index in [1.165, 1.54) is 12.1 Å². The summed E-state index contributed by atoms with van der Waals surface area (Å²) >= 11 is 0. The molecular weight excluding hydrogens is 326 g/mol. The van der Waals surface area contributed by atoms with E-state index in [9.17, 15) is 19.7 Å². The molecule has 1 aliphatic heterocycles. The summed E-state index contributed by atoms with van der Waals surface area (Å²) in [6, 6.07) is 5.61. The summed E-state index contributed by atoms with van der Waals surface area (Å²) in [6.45, 7) is 5.12. The lowest BCUT2D eigenvalue weighted by Crippen LogP contribution is -2.47. The van der Waals surface area contributed by atoms with Crippen LogP contribution in [0.1, 0.15) is 26.7 Å². The number of ether oxygens (including phenoxy) is 1. The van der Waals surface area contributed by atoms with Crippen molar-refractivity contribution in [1.82, 2.24) is 4.90 Å². The zero-order valence-electron chi connectivity index (χ0n) is 14.4. The van der Waals surface area contributed by atoms with Gasteiger partial charge < -0.3 is 10.1 Å². The van der Waals surface area contributed by atoms with Crippen molar-refractivity contribution in [2.45, 2.75) is 32.7 Å². The molecule has 1 aromatic carbocycles. The van der Waals surface area contributed by atoms with Gasteiger partial charge in [-0.3, -0.25) is 24.6 Å². The predicted octanol–water partition coefficient (Wildman–Crippen LogP) is 2.20. The van der Waals surface area contributed by atoms with Gasteiger partial charge in [0.15, 0.2) is 0 Å². The first-order chi connectivity index (χ1) is 11.9. The maximum atomic E-state index is 12.4. The SMILES string of the molecule is CCOC(=O)C1CCN([C@H](C)C(=O)Nc2ccccc2[N+](=O)[O-])CC1. The minimum Gasteiger partial charge on any atom is -0.466 e. The number of hydrogen-bond acceptors (Lipinski definition) is 6. The van der Waals surface area contributed by atoms with Crippen LogP contribution in [0.2, 0.25) is 0 Å². The Balaban J connectivity index is 1.93. The van der Waals surface area contributed by atoms with E-state index < -0.39 is 11.0 Å². The molecule has 2 rings (SSSR count). The summed E-state index contributed by atoms with van der Waals surface area (Å²) in [5.41, 5.74) is 0.0508. The van der Waals surface area contributed by atoms with Crippen molar-refractivity contribution in [2.24, 2.45) is 5.92 Å². The van der Waals surface area contributed by atoms with Gasteiger partial charge in [0.2, 0.25) is 5.91 Å². The molecule has 1 saturated heterocycles. The largest absolute Gasteiger partial charge is 0.466 e. The number of rotatable bonds is 6. The highest BCUT2D eigenvalue weighted by molar-refractivity contribution is 5.96. The Labute approximate surface area is 146 Å². The fourth-order valence-corrected chi connectivity index (χ4v) is 2.92. The summed E-state index contributed by atoms with van der Waals surface area (Å²) in [5.74, 6) is -0.607. The Morgan fingerprint density at radius 1 is 1.36 bits per heavy atom. The monoisotopic (exact) mass is 349 g/mol. The number of esters is 1. The third-order valence-corrected chi connectivity index (χ3v) is 4.44. The van der Waals surface area contributed by atoms with Gasteiger partial charge in [0.05, 0.1) is 23.5 Å². The fraction of sp³-hybridized carbons (Fsp3) is 0.529. The van der Waals surface area contributed by atoms with Gasteiger partial charge in [0.1, 0.15) is 5.69 Å². The molecule has 0 bridgehead atoms. The molecule has 25 heavy (non-hydrogen) atoms. The lowest BCUT2D eigenvalue weighted by molar-refractivity contribution is -0.383. The molecule has 1 fully saturated rings. The number of hydrogen-bond donors (Lipinski definition) is 1. The van der Waals surface area contributed by atoms with Crippen molar-refractivity contribution in [2.75, 3.05) is 25.0 Å². The number of piperidine rings is 1. The van der Waals surface area contributed by atoms with Crippen molar-refractivity contribution in [3.05, 3.63) is 34.4 Å². The lowest BCUT2D eigenvalue weighted by atomic mass is 9.96. The summed E-state index contributed by atoms with van der Waals surface area (Å²) in [6.07, 6.45) is 1.28. The molecule has 1 amide bonds. The van der Waals surface area contributed by atoms with Crippen molar-refractivity contribution in [3.63, 3.8) is 0 Å². The van der Waals surface area contributed by atoms with Gasteiger partial charge in [-0.1, -0.05) is 12.1 Å². The number of likely N-dealkylation sites (tertiary alicyclic amines) is 1.